The molecule has 4 heteroatoms. The molecule has 1 heterocycles. The Bertz CT molecular complexity index is 555. The molecule has 0 spiro atoms. The van der Waals surface area contributed by atoms with Crippen LogP contribution in [0.4, 0.5) is 8.78 Å². The van der Waals surface area contributed by atoms with Gasteiger partial charge in [0.05, 0.1) is 11.7 Å². The van der Waals surface area contributed by atoms with Crippen molar-refractivity contribution in [3.8, 4) is 0 Å². The van der Waals surface area contributed by atoms with Gasteiger partial charge in [-0.25, -0.2) is 8.78 Å². The number of hydrogen-bond donors (Lipinski definition) is 1. The molecule has 0 amide bonds. The fourth-order valence-electron chi connectivity index (χ4n) is 1.92. The van der Waals surface area contributed by atoms with Crippen LogP contribution < -0.4 is 5.32 Å². The SMILES string of the molecule is CNC(c1cccc(C)n1)c1ccc(F)cc1F. The summed E-state index contributed by atoms with van der Waals surface area (Å²) in [5, 5.41) is 3.00. The fourth-order valence-corrected chi connectivity index (χ4v) is 1.92. The molecule has 0 bridgehead atoms. The average Bonchev–Trinajstić information content (AvgIpc) is 2.33. The molecule has 2 nitrogen and oxygen atoms in total. The number of aromatic nitrogens is 1. The number of halogens is 2. The van der Waals surface area contributed by atoms with Gasteiger partial charge in [0.2, 0.25) is 0 Å². The first-order valence-electron chi connectivity index (χ1n) is 5.67. The molecule has 0 aliphatic rings. The average molecular weight is 248 g/mol. The van der Waals surface area contributed by atoms with Crippen molar-refractivity contribution in [3.05, 3.63) is 65.0 Å². The number of nitrogens with one attached hydrogen (secondary N) is 1. The van der Waals surface area contributed by atoms with Crippen molar-refractivity contribution in [3.63, 3.8) is 0 Å². The molecule has 1 unspecified atom stereocenters. The third kappa shape index (κ3) is 2.54. The lowest BCUT2D eigenvalue weighted by Gasteiger charge is -2.17. The van der Waals surface area contributed by atoms with Gasteiger partial charge in [0.25, 0.3) is 0 Å². The van der Waals surface area contributed by atoms with E-state index in [1.807, 2.05) is 25.1 Å². The van der Waals surface area contributed by atoms with Crippen LogP contribution >= 0.6 is 0 Å². The van der Waals surface area contributed by atoms with Gasteiger partial charge in [0, 0.05) is 17.3 Å². The van der Waals surface area contributed by atoms with Crippen molar-refractivity contribution in [2.24, 2.45) is 0 Å². The Labute approximate surface area is 105 Å². The van der Waals surface area contributed by atoms with Crippen molar-refractivity contribution in [1.29, 1.82) is 0 Å². The lowest BCUT2D eigenvalue weighted by atomic mass is 10.0. The van der Waals surface area contributed by atoms with Crippen molar-refractivity contribution < 1.29 is 8.78 Å². The number of pyridine rings is 1. The van der Waals surface area contributed by atoms with Crippen molar-refractivity contribution in [1.82, 2.24) is 10.3 Å². The zero-order valence-corrected chi connectivity index (χ0v) is 10.2. The van der Waals surface area contributed by atoms with Crippen molar-refractivity contribution in [2.75, 3.05) is 7.05 Å². The summed E-state index contributed by atoms with van der Waals surface area (Å²) >= 11 is 0. The van der Waals surface area contributed by atoms with Gasteiger partial charge < -0.3 is 5.32 Å². The molecule has 0 saturated carbocycles. The van der Waals surface area contributed by atoms with Gasteiger partial charge in [0.15, 0.2) is 0 Å². The van der Waals surface area contributed by atoms with Crippen LogP contribution in [0.5, 0.6) is 0 Å². The van der Waals surface area contributed by atoms with E-state index in [0.717, 1.165) is 11.8 Å². The minimum atomic E-state index is -0.580. The maximum atomic E-state index is 13.8. The van der Waals surface area contributed by atoms with Gasteiger partial charge >= 0.3 is 0 Å². The van der Waals surface area contributed by atoms with E-state index in [9.17, 15) is 8.78 Å². The van der Waals surface area contributed by atoms with Gasteiger partial charge in [-0.3, -0.25) is 4.98 Å². The second-order valence-electron chi connectivity index (χ2n) is 4.09. The Hall–Kier alpha value is -1.81. The first kappa shape index (κ1) is 12.6. The summed E-state index contributed by atoms with van der Waals surface area (Å²) in [5.74, 6) is -1.15. The highest BCUT2D eigenvalue weighted by atomic mass is 19.1. The Morgan fingerprint density at radius 1 is 1.17 bits per heavy atom. The summed E-state index contributed by atoms with van der Waals surface area (Å²) in [4.78, 5) is 4.36. The highest BCUT2D eigenvalue weighted by molar-refractivity contribution is 5.30. The van der Waals surface area contributed by atoms with Gasteiger partial charge in [-0.2, -0.15) is 0 Å². The molecule has 94 valence electrons. The zero-order chi connectivity index (χ0) is 13.1. The number of hydrogen-bond acceptors (Lipinski definition) is 2. The summed E-state index contributed by atoms with van der Waals surface area (Å²) in [6, 6.07) is 8.74. The summed E-state index contributed by atoms with van der Waals surface area (Å²) in [6.45, 7) is 1.87. The third-order valence-electron chi connectivity index (χ3n) is 2.77. The van der Waals surface area contributed by atoms with Crippen LogP contribution in [-0.2, 0) is 0 Å². The zero-order valence-electron chi connectivity index (χ0n) is 10.2. The molecule has 2 aromatic rings. The molecule has 0 fully saturated rings. The van der Waals surface area contributed by atoms with E-state index in [2.05, 4.69) is 10.3 Å². The van der Waals surface area contributed by atoms with Gasteiger partial charge in [-0.1, -0.05) is 12.1 Å². The summed E-state index contributed by atoms with van der Waals surface area (Å²) in [7, 11) is 1.72. The number of nitrogens with zero attached hydrogens (tertiary/aromatic N) is 1. The maximum Gasteiger partial charge on any atom is 0.131 e. The van der Waals surface area contributed by atoms with Gasteiger partial charge in [-0.05, 0) is 32.2 Å². The normalized spacial score (nSPS) is 12.4. The van der Waals surface area contributed by atoms with E-state index < -0.39 is 11.6 Å². The smallest absolute Gasteiger partial charge is 0.131 e. The number of rotatable bonds is 3. The van der Waals surface area contributed by atoms with E-state index in [-0.39, 0.29) is 6.04 Å². The molecule has 18 heavy (non-hydrogen) atoms. The Balaban J connectivity index is 2.45. The second-order valence-corrected chi connectivity index (χ2v) is 4.09. The van der Waals surface area contributed by atoms with Crippen molar-refractivity contribution in [2.45, 2.75) is 13.0 Å². The molecule has 0 radical (unpaired) electrons. The summed E-state index contributed by atoms with van der Waals surface area (Å²) in [5.41, 5.74) is 1.95. The molecule has 1 N–H and O–H groups in total. The lowest BCUT2D eigenvalue weighted by molar-refractivity contribution is 0.548. The summed E-state index contributed by atoms with van der Waals surface area (Å²) in [6.07, 6.45) is 0. The molecule has 0 aliphatic carbocycles. The quantitative estimate of drug-likeness (QED) is 0.903. The van der Waals surface area contributed by atoms with E-state index in [0.29, 0.717) is 11.3 Å². The van der Waals surface area contributed by atoms with E-state index >= 15 is 0 Å². The van der Waals surface area contributed by atoms with Crippen molar-refractivity contribution >= 4 is 0 Å². The lowest BCUT2D eigenvalue weighted by Crippen LogP contribution is -2.20. The molecule has 1 aromatic carbocycles. The molecule has 0 aliphatic heterocycles. The largest absolute Gasteiger partial charge is 0.308 e. The molecule has 0 saturated heterocycles. The van der Waals surface area contributed by atoms with Crippen LogP contribution in [0.3, 0.4) is 0 Å². The third-order valence-corrected chi connectivity index (χ3v) is 2.77. The van der Waals surface area contributed by atoms with Gasteiger partial charge in [0.1, 0.15) is 11.6 Å². The topological polar surface area (TPSA) is 24.9 Å². The predicted molar refractivity (Wildman–Crippen MR) is 66.2 cm³/mol. The highest BCUT2D eigenvalue weighted by Gasteiger charge is 2.17. The van der Waals surface area contributed by atoms with E-state index in [1.165, 1.54) is 12.1 Å². The minimum absolute atomic E-state index is 0.384. The maximum absolute atomic E-state index is 13.8. The predicted octanol–water partition coefficient (Wildman–Crippen LogP) is 2.98. The fraction of sp³-hybridized carbons (Fsp3) is 0.214. The first-order valence-corrected chi connectivity index (χ1v) is 5.67. The Morgan fingerprint density at radius 3 is 2.56 bits per heavy atom. The van der Waals surface area contributed by atoms with Crippen LogP contribution in [0.2, 0.25) is 0 Å². The molecular formula is C14H14F2N2. The first-order chi connectivity index (χ1) is 8.61. The number of aryl methyl sites for hydroxylation is 1. The monoisotopic (exact) mass is 248 g/mol. The standard InChI is InChI=1S/C14H14F2N2/c1-9-4-3-5-13(18-9)14(17-2)11-7-6-10(15)8-12(11)16/h3-8,14,17H,1-2H3. The van der Waals surface area contributed by atoms with Crippen LogP contribution in [-0.4, -0.2) is 12.0 Å². The van der Waals surface area contributed by atoms with E-state index in [1.54, 1.807) is 7.05 Å². The number of benzene rings is 1. The second kappa shape index (κ2) is 5.23. The van der Waals surface area contributed by atoms with Crippen LogP contribution in [0.1, 0.15) is 23.0 Å². The summed E-state index contributed by atoms with van der Waals surface area (Å²) < 4.78 is 26.7. The van der Waals surface area contributed by atoms with Crippen LogP contribution in [0, 0.1) is 18.6 Å². The Kier molecular flexibility index (Phi) is 3.67. The molecule has 1 atom stereocenters. The van der Waals surface area contributed by atoms with Crippen LogP contribution in [0.15, 0.2) is 36.4 Å². The minimum Gasteiger partial charge on any atom is -0.308 e. The van der Waals surface area contributed by atoms with Gasteiger partial charge in [-0.15, -0.1) is 0 Å². The van der Waals surface area contributed by atoms with Crippen LogP contribution in [0.25, 0.3) is 0 Å². The molecule has 2 rings (SSSR count). The molecular weight excluding hydrogens is 234 g/mol. The highest BCUT2D eigenvalue weighted by Crippen LogP contribution is 2.23. The molecule has 1 aromatic heterocycles. The Morgan fingerprint density at radius 2 is 1.94 bits per heavy atom. The van der Waals surface area contributed by atoms with E-state index in [4.69, 9.17) is 0 Å².